The molecule has 0 saturated heterocycles. The number of amides is 1. The summed E-state index contributed by atoms with van der Waals surface area (Å²) in [6, 6.07) is 14.8. The third kappa shape index (κ3) is 6.55. The van der Waals surface area contributed by atoms with Crippen LogP contribution in [0.25, 0.3) is 6.08 Å². The monoisotopic (exact) mass is 402 g/mol. The van der Waals surface area contributed by atoms with Gasteiger partial charge in [-0.2, -0.15) is 0 Å². The van der Waals surface area contributed by atoms with Gasteiger partial charge in [-0.25, -0.2) is 13.2 Å². The number of hydrogen-bond donors (Lipinski definition) is 2. The van der Waals surface area contributed by atoms with Crippen LogP contribution in [0.1, 0.15) is 29.8 Å². The highest BCUT2D eigenvalue weighted by molar-refractivity contribution is 7.95. The smallest absolute Gasteiger partial charge is 0.338 e. The number of likely N-dealkylation sites (N-methyl/N-ethyl adjacent to an activating group) is 1. The molecule has 148 valence electrons. The van der Waals surface area contributed by atoms with Crippen molar-refractivity contribution in [3.05, 3.63) is 71.1 Å². The second-order valence-electron chi connectivity index (χ2n) is 5.88. The first-order chi connectivity index (χ1) is 13.3. The minimum Gasteiger partial charge on any atom is -0.449 e. The van der Waals surface area contributed by atoms with E-state index in [1.165, 1.54) is 37.3 Å². The van der Waals surface area contributed by atoms with Crippen molar-refractivity contribution in [2.24, 2.45) is 0 Å². The Morgan fingerprint density at radius 3 is 2.32 bits per heavy atom. The number of rotatable bonds is 8. The van der Waals surface area contributed by atoms with E-state index in [4.69, 9.17) is 4.74 Å². The van der Waals surface area contributed by atoms with Gasteiger partial charge in [-0.1, -0.05) is 30.3 Å². The van der Waals surface area contributed by atoms with Gasteiger partial charge in [0.05, 0.1) is 11.0 Å². The number of hydrogen-bond acceptors (Lipinski definition) is 5. The molecule has 0 aliphatic heterocycles. The van der Waals surface area contributed by atoms with Gasteiger partial charge < -0.3 is 10.1 Å². The molecule has 0 saturated carbocycles. The van der Waals surface area contributed by atoms with Gasteiger partial charge in [0.1, 0.15) is 0 Å². The van der Waals surface area contributed by atoms with Crippen LogP contribution in [-0.2, 0) is 19.6 Å². The molecule has 0 radical (unpaired) electrons. The molecule has 0 heterocycles. The number of ether oxygens (including phenoxy) is 1. The fourth-order valence-electron chi connectivity index (χ4n) is 2.21. The van der Waals surface area contributed by atoms with Crippen LogP contribution in [0.3, 0.4) is 0 Å². The maximum Gasteiger partial charge on any atom is 0.338 e. The summed E-state index contributed by atoms with van der Waals surface area (Å²) in [5, 5.41) is 3.63. The summed E-state index contributed by atoms with van der Waals surface area (Å²) < 4.78 is 31.8. The van der Waals surface area contributed by atoms with E-state index in [0.717, 1.165) is 11.0 Å². The number of esters is 1. The van der Waals surface area contributed by atoms with Crippen molar-refractivity contribution < 1.29 is 22.7 Å². The number of carbonyl (C=O) groups is 2. The molecule has 2 N–H and O–H groups in total. The van der Waals surface area contributed by atoms with Crippen LogP contribution in [0.5, 0.6) is 0 Å². The Balaban J connectivity index is 1.99. The number of nitrogens with one attached hydrogen (secondary N) is 2. The van der Waals surface area contributed by atoms with Crippen molar-refractivity contribution in [2.45, 2.75) is 20.0 Å². The van der Waals surface area contributed by atoms with E-state index in [9.17, 15) is 18.0 Å². The van der Waals surface area contributed by atoms with E-state index in [1.54, 1.807) is 19.1 Å². The lowest BCUT2D eigenvalue weighted by molar-refractivity contribution is -0.128. The lowest BCUT2D eigenvalue weighted by atomic mass is 10.2. The van der Waals surface area contributed by atoms with Crippen LogP contribution in [0.15, 0.2) is 60.0 Å². The van der Waals surface area contributed by atoms with Gasteiger partial charge in [-0.05, 0) is 49.8 Å². The van der Waals surface area contributed by atoms with Gasteiger partial charge in [0.2, 0.25) is 0 Å². The molecule has 0 spiro atoms. The highest BCUT2D eigenvalue weighted by Crippen LogP contribution is 2.14. The predicted octanol–water partition coefficient (Wildman–Crippen LogP) is 2.78. The maximum absolute atomic E-state index is 12.1. The zero-order valence-corrected chi connectivity index (χ0v) is 16.4. The standard InChI is InChI=1S/C20H22N2O5S/c1-3-21-19(23)15(2)27-20(24)17-9-11-18(12-10-17)22-28(25,26)14-13-16-7-5-4-6-8-16/h4-15,22H,3H2,1-2H3,(H,21,23)/b14-13+/t15-/m0/s1. The van der Waals surface area contributed by atoms with E-state index in [0.29, 0.717) is 12.2 Å². The lowest BCUT2D eigenvalue weighted by Gasteiger charge is -2.13. The van der Waals surface area contributed by atoms with Crippen molar-refractivity contribution in [2.75, 3.05) is 11.3 Å². The molecule has 0 aliphatic carbocycles. The van der Waals surface area contributed by atoms with Crippen molar-refractivity contribution in [1.82, 2.24) is 5.32 Å². The minimum absolute atomic E-state index is 0.207. The summed E-state index contributed by atoms with van der Waals surface area (Å²) in [4.78, 5) is 23.7. The van der Waals surface area contributed by atoms with E-state index in [-0.39, 0.29) is 11.5 Å². The van der Waals surface area contributed by atoms with Crippen molar-refractivity contribution >= 4 is 33.7 Å². The molecule has 0 fully saturated rings. The molecule has 28 heavy (non-hydrogen) atoms. The Morgan fingerprint density at radius 1 is 1.07 bits per heavy atom. The molecule has 0 bridgehead atoms. The van der Waals surface area contributed by atoms with Crippen LogP contribution in [0.4, 0.5) is 5.69 Å². The fourth-order valence-corrected chi connectivity index (χ4v) is 3.07. The van der Waals surface area contributed by atoms with Gasteiger partial charge in [0.15, 0.2) is 6.10 Å². The molecule has 2 aromatic carbocycles. The summed E-state index contributed by atoms with van der Waals surface area (Å²) in [7, 11) is -3.70. The molecule has 1 amide bonds. The van der Waals surface area contributed by atoms with E-state index in [1.807, 2.05) is 18.2 Å². The van der Waals surface area contributed by atoms with Gasteiger partial charge in [0, 0.05) is 12.2 Å². The fraction of sp³-hybridized carbons (Fsp3) is 0.200. The van der Waals surface area contributed by atoms with Crippen LogP contribution in [0.2, 0.25) is 0 Å². The molecule has 0 aliphatic rings. The molecule has 2 rings (SSSR count). The second kappa shape index (κ2) is 9.70. The Labute approximate surface area is 164 Å². The largest absolute Gasteiger partial charge is 0.449 e. The van der Waals surface area contributed by atoms with E-state index in [2.05, 4.69) is 10.0 Å². The Kier molecular flexibility index (Phi) is 7.34. The number of sulfonamides is 1. The minimum atomic E-state index is -3.70. The first kappa shape index (κ1) is 21.2. The maximum atomic E-state index is 12.1. The van der Waals surface area contributed by atoms with Gasteiger partial charge in [-0.15, -0.1) is 0 Å². The third-order valence-corrected chi connectivity index (χ3v) is 4.64. The van der Waals surface area contributed by atoms with Gasteiger partial charge >= 0.3 is 5.97 Å². The van der Waals surface area contributed by atoms with Crippen LogP contribution < -0.4 is 10.0 Å². The SMILES string of the molecule is CCNC(=O)[C@H](C)OC(=O)c1ccc(NS(=O)(=O)/C=C/c2ccccc2)cc1. The van der Waals surface area contributed by atoms with E-state index >= 15 is 0 Å². The number of carbonyl (C=O) groups excluding carboxylic acids is 2. The topological polar surface area (TPSA) is 102 Å². The second-order valence-corrected chi connectivity index (χ2v) is 7.45. The first-order valence-electron chi connectivity index (χ1n) is 8.65. The molecule has 2 aromatic rings. The van der Waals surface area contributed by atoms with Crippen molar-refractivity contribution in [3.8, 4) is 0 Å². The number of benzene rings is 2. The molecule has 0 aromatic heterocycles. The lowest BCUT2D eigenvalue weighted by Crippen LogP contribution is -2.35. The third-order valence-electron chi connectivity index (χ3n) is 3.62. The normalized spacial score (nSPS) is 12.4. The highest BCUT2D eigenvalue weighted by Gasteiger charge is 2.18. The van der Waals surface area contributed by atoms with E-state index < -0.39 is 22.1 Å². The Bertz CT molecular complexity index is 938. The predicted molar refractivity (Wildman–Crippen MR) is 108 cm³/mol. The summed E-state index contributed by atoms with van der Waals surface area (Å²) in [5.41, 5.74) is 1.26. The van der Waals surface area contributed by atoms with Crippen LogP contribution in [0, 0.1) is 0 Å². The van der Waals surface area contributed by atoms with Crippen LogP contribution >= 0.6 is 0 Å². The molecular formula is C20H22N2O5S. The first-order valence-corrected chi connectivity index (χ1v) is 10.2. The zero-order chi connectivity index (χ0) is 20.6. The molecule has 0 unspecified atom stereocenters. The van der Waals surface area contributed by atoms with Crippen molar-refractivity contribution in [3.63, 3.8) is 0 Å². The number of anilines is 1. The summed E-state index contributed by atoms with van der Waals surface area (Å²) in [6.07, 6.45) is 0.560. The molecular weight excluding hydrogens is 380 g/mol. The quantitative estimate of drug-likeness (QED) is 0.661. The van der Waals surface area contributed by atoms with Crippen LogP contribution in [-0.4, -0.2) is 32.9 Å². The summed E-state index contributed by atoms with van der Waals surface area (Å²) >= 11 is 0. The highest BCUT2D eigenvalue weighted by atomic mass is 32.2. The summed E-state index contributed by atoms with van der Waals surface area (Å²) in [5.74, 6) is -1.05. The Hall–Kier alpha value is -3.13. The average Bonchev–Trinajstić information content (AvgIpc) is 2.67. The summed E-state index contributed by atoms with van der Waals surface area (Å²) in [6.45, 7) is 3.68. The van der Waals surface area contributed by atoms with Crippen molar-refractivity contribution in [1.29, 1.82) is 0 Å². The molecule has 7 nitrogen and oxygen atoms in total. The van der Waals surface area contributed by atoms with Gasteiger partial charge in [0.25, 0.3) is 15.9 Å². The van der Waals surface area contributed by atoms with Gasteiger partial charge in [-0.3, -0.25) is 9.52 Å². The average molecular weight is 402 g/mol. The molecule has 1 atom stereocenters. The molecule has 8 heteroatoms. The Morgan fingerprint density at radius 2 is 1.71 bits per heavy atom. The zero-order valence-electron chi connectivity index (χ0n) is 15.6.